The van der Waals surface area contributed by atoms with Crippen LogP contribution in [-0.2, 0) is 10.0 Å². The molecule has 5 heteroatoms. The van der Waals surface area contributed by atoms with Crippen LogP contribution in [-0.4, -0.2) is 25.8 Å². The zero-order valence-corrected chi connectivity index (χ0v) is 12.3. The summed E-state index contributed by atoms with van der Waals surface area (Å²) in [5.41, 5.74) is 0. The number of sulfonamides is 1. The van der Waals surface area contributed by atoms with E-state index in [4.69, 9.17) is 0 Å². The van der Waals surface area contributed by atoms with Crippen molar-refractivity contribution in [2.24, 2.45) is 11.8 Å². The Bertz CT molecular complexity index is 587. The van der Waals surface area contributed by atoms with Crippen LogP contribution in [0, 0.1) is 17.7 Å². The number of hydrogen-bond donors (Lipinski definition) is 0. The average molecular weight is 297 g/mol. The zero-order chi connectivity index (χ0) is 14.2. The SMILES string of the molecule is O=S(=O)(c1ccccc1F)N1CCC2CCCCC2C1. The summed E-state index contributed by atoms with van der Waals surface area (Å²) in [6, 6.07) is 5.66. The molecular formula is C15H20FNO2S. The Labute approximate surface area is 119 Å². The van der Waals surface area contributed by atoms with Crippen molar-refractivity contribution >= 4 is 10.0 Å². The third-order valence-electron chi connectivity index (χ3n) is 4.71. The van der Waals surface area contributed by atoms with Gasteiger partial charge in [0.2, 0.25) is 10.0 Å². The predicted octanol–water partition coefficient (Wildman–Crippen LogP) is 3.03. The largest absolute Gasteiger partial charge is 0.245 e. The topological polar surface area (TPSA) is 37.4 Å². The molecule has 0 amide bonds. The van der Waals surface area contributed by atoms with E-state index in [2.05, 4.69) is 0 Å². The highest BCUT2D eigenvalue weighted by molar-refractivity contribution is 7.89. The van der Waals surface area contributed by atoms with E-state index in [1.54, 1.807) is 6.07 Å². The molecule has 0 bridgehead atoms. The maximum absolute atomic E-state index is 13.8. The lowest BCUT2D eigenvalue weighted by Gasteiger charge is -2.40. The number of benzene rings is 1. The summed E-state index contributed by atoms with van der Waals surface area (Å²) in [5.74, 6) is 0.466. The maximum atomic E-state index is 13.8. The van der Waals surface area contributed by atoms with Crippen LogP contribution in [0.4, 0.5) is 4.39 Å². The monoisotopic (exact) mass is 297 g/mol. The molecule has 1 aliphatic carbocycles. The smallest absolute Gasteiger partial charge is 0.207 e. The molecule has 1 aliphatic heterocycles. The second-order valence-corrected chi connectivity index (χ2v) is 7.79. The van der Waals surface area contributed by atoms with Gasteiger partial charge in [-0.3, -0.25) is 0 Å². The first kappa shape index (κ1) is 14.0. The van der Waals surface area contributed by atoms with Crippen LogP contribution >= 0.6 is 0 Å². The molecule has 1 aromatic rings. The summed E-state index contributed by atoms with van der Waals surface area (Å²) in [6.45, 7) is 1.08. The normalized spacial score (nSPS) is 28.1. The molecule has 2 unspecified atom stereocenters. The van der Waals surface area contributed by atoms with Gasteiger partial charge in [-0.25, -0.2) is 12.8 Å². The summed E-state index contributed by atoms with van der Waals surface area (Å²) in [7, 11) is -3.68. The molecule has 3 rings (SSSR count). The standard InChI is InChI=1S/C15H20FNO2S/c16-14-7-3-4-8-15(14)20(18,19)17-10-9-12-5-1-2-6-13(12)11-17/h3-4,7-8,12-13H,1-2,5-6,9-11H2. The van der Waals surface area contributed by atoms with E-state index in [1.165, 1.54) is 41.8 Å². The molecule has 1 aromatic carbocycles. The molecule has 2 atom stereocenters. The van der Waals surface area contributed by atoms with Gasteiger partial charge >= 0.3 is 0 Å². The van der Waals surface area contributed by atoms with Gasteiger partial charge in [0.15, 0.2) is 0 Å². The summed E-state index contributed by atoms with van der Waals surface area (Å²) >= 11 is 0. The quantitative estimate of drug-likeness (QED) is 0.841. The van der Waals surface area contributed by atoms with Gasteiger partial charge in [0, 0.05) is 13.1 Å². The van der Waals surface area contributed by atoms with Crippen molar-refractivity contribution in [1.29, 1.82) is 0 Å². The summed E-state index contributed by atoms with van der Waals surface area (Å²) < 4.78 is 40.4. The third kappa shape index (κ3) is 2.49. The van der Waals surface area contributed by atoms with Crippen molar-refractivity contribution < 1.29 is 12.8 Å². The van der Waals surface area contributed by atoms with Gasteiger partial charge in [-0.2, -0.15) is 4.31 Å². The van der Waals surface area contributed by atoms with E-state index in [-0.39, 0.29) is 4.90 Å². The van der Waals surface area contributed by atoms with Crippen LogP contribution < -0.4 is 0 Å². The van der Waals surface area contributed by atoms with Crippen LogP contribution in [0.25, 0.3) is 0 Å². The van der Waals surface area contributed by atoms with Crippen LogP contribution in [0.1, 0.15) is 32.1 Å². The van der Waals surface area contributed by atoms with Crippen LogP contribution in [0.5, 0.6) is 0 Å². The van der Waals surface area contributed by atoms with Gasteiger partial charge in [-0.15, -0.1) is 0 Å². The molecule has 0 N–H and O–H groups in total. The van der Waals surface area contributed by atoms with E-state index < -0.39 is 15.8 Å². The van der Waals surface area contributed by atoms with E-state index in [0.717, 1.165) is 12.8 Å². The fraction of sp³-hybridized carbons (Fsp3) is 0.600. The lowest BCUT2D eigenvalue weighted by molar-refractivity contribution is 0.136. The van der Waals surface area contributed by atoms with Gasteiger partial charge in [0.25, 0.3) is 0 Å². The van der Waals surface area contributed by atoms with E-state index in [9.17, 15) is 12.8 Å². The summed E-state index contributed by atoms with van der Waals surface area (Å²) in [4.78, 5) is -0.186. The minimum atomic E-state index is -3.68. The van der Waals surface area contributed by atoms with E-state index in [1.807, 2.05) is 0 Å². The first-order chi connectivity index (χ1) is 9.59. The maximum Gasteiger partial charge on any atom is 0.245 e. The fourth-order valence-electron chi connectivity index (χ4n) is 3.58. The highest BCUT2D eigenvalue weighted by Gasteiger charge is 2.37. The summed E-state index contributed by atoms with van der Waals surface area (Å²) in [5, 5.41) is 0. The molecule has 1 heterocycles. The highest BCUT2D eigenvalue weighted by atomic mass is 32.2. The van der Waals surface area contributed by atoms with Crippen LogP contribution in [0.3, 0.4) is 0 Å². The molecule has 110 valence electrons. The molecule has 20 heavy (non-hydrogen) atoms. The molecule has 0 aromatic heterocycles. The predicted molar refractivity (Wildman–Crippen MR) is 75.2 cm³/mol. The third-order valence-corrected chi connectivity index (χ3v) is 6.61. The van der Waals surface area contributed by atoms with Crippen molar-refractivity contribution in [1.82, 2.24) is 4.31 Å². The Kier molecular flexibility index (Phi) is 3.82. The van der Waals surface area contributed by atoms with Crippen molar-refractivity contribution in [3.05, 3.63) is 30.1 Å². The van der Waals surface area contributed by atoms with Gasteiger partial charge in [0.05, 0.1) is 0 Å². The molecule has 0 radical (unpaired) electrons. The van der Waals surface area contributed by atoms with Crippen molar-refractivity contribution in [3.63, 3.8) is 0 Å². The second-order valence-electron chi connectivity index (χ2n) is 5.89. The van der Waals surface area contributed by atoms with Gasteiger partial charge in [-0.05, 0) is 36.8 Å². The summed E-state index contributed by atoms with van der Waals surface area (Å²) in [6.07, 6.45) is 5.69. The molecule has 2 fully saturated rings. The minimum absolute atomic E-state index is 0.186. The number of halogens is 1. The Morgan fingerprint density at radius 2 is 1.75 bits per heavy atom. The van der Waals surface area contributed by atoms with Crippen molar-refractivity contribution in [3.8, 4) is 0 Å². The highest BCUT2D eigenvalue weighted by Crippen LogP contribution is 2.37. The number of hydrogen-bond acceptors (Lipinski definition) is 2. The zero-order valence-electron chi connectivity index (χ0n) is 11.5. The lowest BCUT2D eigenvalue weighted by Crippen LogP contribution is -2.44. The van der Waals surface area contributed by atoms with E-state index in [0.29, 0.717) is 24.9 Å². The Hall–Kier alpha value is -0.940. The fourth-order valence-corrected chi connectivity index (χ4v) is 5.16. The van der Waals surface area contributed by atoms with Gasteiger partial charge < -0.3 is 0 Å². The molecule has 3 nitrogen and oxygen atoms in total. The second kappa shape index (κ2) is 5.45. The first-order valence-electron chi connectivity index (χ1n) is 7.34. The Morgan fingerprint density at radius 1 is 1.05 bits per heavy atom. The molecular weight excluding hydrogens is 277 g/mol. The van der Waals surface area contributed by atoms with Crippen LogP contribution in [0.15, 0.2) is 29.2 Å². The number of nitrogens with zero attached hydrogens (tertiary/aromatic N) is 1. The van der Waals surface area contributed by atoms with Crippen LogP contribution in [0.2, 0.25) is 0 Å². The number of fused-ring (bicyclic) bond motifs is 1. The minimum Gasteiger partial charge on any atom is -0.207 e. The van der Waals surface area contributed by atoms with Gasteiger partial charge in [-0.1, -0.05) is 31.4 Å². The first-order valence-corrected chi connectivity index (χ1v) is 8.78. The van der Waals surface area contributed by atoms with E-state index >= 15 is 0 Å². The molecule has 0 spiro atoms. The van der Waals surface area contributed by atoms with Crippen molar-refractivity contribution in [2.45, 2.75) is 37.0 Å². The van der Waals surface area contributed by atoms with Crippen molar-refractivity contribution in [2.75, 3.05) is 13.1 Å². The molecule has 1 saturated heterocycles. The average Bonchev–Trinajstić information content (AvgIpc) is 2.47. The molecule has 1 saturated carbocycles. The van der Waals surface area contributed by atoms with Gasteiger partial charge in [0.1, 0.15) is 10.7 Å². The Morgan fingerprint density at radius 3 is 2.50 bits per heavy atom. The molecule has 2 aliphatic rings. The Balaban J connectivity index is 1.84. The lowest BCUT2D eigenvalue weighted by atomic mass is 9.76. The number of piperidine rings is 1. The number of rotatable bonds is 2.